The van der Waals surface area contributed by atoms with Crippen LogP contribution in [0.4, 0.5) is 0 Å². The van der Waals surface area contributed by atoms with E-state index in [9.17, 15) is 4.21 Å². The maximum atomic E-state index is 11.1. The van der Waals surface area contributed by atoms with Gasteiger partial charge in [-0.3, -0.25) is 0 Å². The number of hydrogen-bond acceptors (Lipinski definition) is 1. The fraction of sp³-hybridized carbons (Fsp3) is 1.00. The van der Waals surface area contributed by atoms with Crippen molar-refractivity contribution in [2.75, 3.05) is 19.3 Å². The van der Waals surface area contributed by atoms with Crippen molar-refractivity contribution in [3.05, 3.63) is 0 Å². The fourth-order valence-electron chi connectivity index (χ4n) is 0.703. The van der Waals surface area contributed by atoms with Crippen molar-refractivity contribution in [3.63, 3.8) is 0 Å². The standard InChI is InChI=1S/C7H17NOS/c1-4-6-7-8(3)10(9)5-2/h4-7H2,1-3H3. The summed E-state index contributed by atoms with van der Waals surface area (Å²) < 4.78 is 13.0. The molecule has 62 valence electrons. The van der Waals surface area contributed by atoms with Gasteiger partial charge in [0.1, 0.15) is 0 Å². The molecule has 0 bridgehead atoms. The monoisotopic (exact) mass is 163 g/mol. The Hall–Kier alpha value is 0.110. The first kappa shape index (κ1) is 10.1. The van der Waals surface area contributed by atoms with E-state index in [0.29, 0.717) is 0 Å². The lowest BCUT2D eigenvalue weighted by Gasteiger charge is -2.12. The third kappa shape index (κ3) is 4.01. The molecule has 0 aromatic rings. The summed E-state index contributed by atoms with van der Waals surface area (Å²) in [4.78, 5) is 0. The Morgan fingerprint density at radius 3 is 2.40 bits per heavy atom. The smallest absolute Gasteiger partial charge is 0.0937 e. The van der Waals surface area contributed by atoms with Gasteiger partial charge in [-0.15, -0.1) is 0 Å². The molecule has 0 aliphatic heterocycles. The van der Waals surface area contributed by atoms with Gasteiger partial charge in [0.2, 0.25) is 0 Å². The summed E-state index contributed by atoms with van der Waals surface area (Å²) >= 11 is 0. The second-order valence-corrected chi connectivity index (χ2v) is 4.16. The molecule has 0 radical (unpaired) electrons. The van der Waals surface area contributed by atoms with Gasteiger partial charge in [-0.1, -0.05) is 20.3 Å². The van der Waals surface area contributed by atoms with Crippen molar-refractivity contribution in [2.24, 2.45) is 0 Å². The summed E-state index contributed by atoms with van der Waals surface area (Å²) in [5, 5.41) is 0. The molecule has 0 fully saturated rings. The molecular weight excluding hydrogens is 146 g/mol. The van der Waals surface area contributed by atoms with Crippen LogP contribution >= 0.6 is 0 Å². The minimum absolute atomic E-state index is 0.736. The predicted molar refractivity (Wildman–Crippen MR) is 46.2 cm³/mol. The molecule has 1 atom stereocenters. The van der Waals surface area contributed by atoms with Crippen LogP contribution in [0.3, 0.4) is 0 Å². The highest BCUT2D eigenvalue weighted by molar-refractivity contribution is 7.82. The van der Waals surface area contributed by atoms with Crippen molar-refractivity contribution in [2.45, 2.75) is 26.7 Å². The Bertz CT molecular complexity index is 106. The second-order valence-electron chi connectivity index (χ2n) is 2.32. The maximum absolute atomic E-state index is 11.1. The molecule has 0 saturated heterocycles. The number of nitrogens with zero attached hydrogens (tertiary/aromatic N) is 1. The highest BCUT2D eigenvalue weighted by Gasteiger charge is 2.02. The van der Waals surface area contributed by atoms with Crippen LogP contribution in [0.1, 0.15) is 26.7 Å². The molecule has 3 heteroatoms. The van der Waals surface area contributed by atoms with Crippen LogP contribution in [-0.4, -0.2) is 27.9 Å². The van der Waals surface area contributed by atoms with Crippen molar-refractivity contribution < 1.29 is 4.21 Å². The summed E-state index contributed by atoms with van der Waals surface area (Å²) in [5.41, 5.74) is 0. The third-order valence-corrected chi connectivity index (χ3v) is 2.79. The minimum Gasteiger partial charge on any atom is -0.243 e. The topological polar surface area (TPSA) is 20.3 Å². The van der Waals surface area contributed by atoms with E-state index in [1.807, 2.05) is 18.3 Å². The zero-order chi connectivity index (χ0) is 7.98. The van der Waals surface area contributed by atoms with Gasteiger partial charge in [-0.2, -0.15) is 0 Å². The van der Waals surface area contributed by atoms with Gasteiger partial charge in [-0.25, -0.2) is 8.51 Å². The van der Waals surface area contributed by atoms with Crippen LogP contribution in [0, 0.1) is 0 Å². The summed E-state index contributed by atoms with van der Waals surface area (Å²) in [6.45, 7) is 5.04. The van der Waals surface area contributed by atoms with Gasteiger partial charge in [0.05, 0.1) is 11.0 Å². The molecule has 0 aromatic carbocycles. The van der Waals surface area contributed by atoms with Crippen molar-refractivity contribution in [3.8, 4) is 0 Å². The van der Waals surface area contributed by atoms with E-state index in [-0.39, 0.29) is 0 Å². The normalized spacial score (nSPS) is 14.0. The lowest BCUT2D eigenvalue weighted by Crippen LogP contribution is -2.23. The van der Waals surface area contributed by atoms with Crippen molar-refractivity contribution in [1.82, 2.24) is 4.31 Å². The lowest BCUT2D eigenvalue weighted by molar-refractivity contribution is 0.504. The predicted octanol–water partition coefficient (Wildman–Crippen LogP) is 1.40. The zero-order valence-electron chi connectivity index (χ0n) is 7.09. The van der Waals surface area contributed by atoms with Crippen LogP contribution in [0.25, 0.3) is 0 Å². The number of rotatable bonds is 5. The SMILES string of the molecule is CCCCN(C)S(=O)CC. The van der Waals surface area contributed by atoms with E-state index >= 15 is 0 Å². The molecule has 0 amide bonds. The van der Waals surface area contributed by atoms with E-state index in [1.165, 1.54) is 6.42 Å². The molecule has 0 spiro atoms. The van der Waals surface area contributed by atoms with Crippen molar-refractivity contribution in [1.29, 1.82) is 0 Å². The largest absolute Gasteiger partial charge is 0.243 e. The maximum Gasteiger partial charge on any atom is 0.0937 e. The average Bonchev–Trinajstić information content (AvgIpc) is 1.98. The fourth-order valence-corrected chi connectivity index (χ4v) is 1.48. The molecule has 0 aliphatic rings. The van der Waals surface area contributed by atoms with Gasteiger partial charge in [0.15, 0.2) is 0 Å². The Labute approximate surface area is 66.2 Å². The Morgan fingerprint density at radius 2 is 2.00 bits per heavy atom. The van der Waals surface area contributed by atoms with Crippen LogP contribution in [0.5, 0.6) is 0 Å². The molecule has 1 unspecified atom stereocenters. The lowest BCUT2D eigenvalue weighted by atomic mass is 10.3. The Morgan fingerprint density at radius 1 is 1.40 bits per heavy atom. The molecule has 0 aromatic heterocycles. The molecule has 2 nitrogen and oxygen atoms in total. The first-order chi connectivity index (χ1) is 4.72. The Kier molecular flexibility index (Phi) is 5.93. The highest BCUT2D eigenvalue weighted by Crippen LogP contribution is 1.95. The molecule has 0 N–H and O–H groups in total. The summed E-state index contributed by atoms with van der Waals surface area (Å²) in [6.07, 6.45) is 2.31. The van der Waals surface area contributed by atoms with Gasteiger partial charge in [0, 0.05) is 12.3 Å². The minimum atomic E-state index is -0.740. The van der Waals surface area contributed by atoms with E-state index in [0.717, 1.165) is 18.7 Å². The molecule has 0 saturated carbocycles. The van der Waals surface area contributed by atoms with E-state index in [2.05, 4.69) is 6.92 Å². The van der Waals surface area contributed by atoms with Gasteiger partial charge < -0.3 is 0 Å². The average molecular weight is 163 g/mol. The second kappa shape index (κ2) is 5.86. The summed E-state index contributed by atoms with van der Waals surface area (Å²) in [6, 6.07) is 0. The van der Waals surface area contributed by atoms with E-state index in [4.69, 9.17) is 0 Å². The quantitative estimate of drug-likeness (QED) is 0.600. The molecule has 0 rings (SSSR count). The van der Waals surface area contributed by atoms with E-state index in [1.54, 1.807) is 0 Å². The van der Waals surface area contributed by atoms with Gasteiger partial charge in [0.25, 0.3) is 0 Å². The highest BCUT2D eigenvalue weighted by atomic mass is 32.2. The first-order valence-electron chi connectivity index (χ1n) is 3.82. The Balaban J connectivity index is 3.41. The molecule has 0 heterocycles. The third-order valence-electron chi connectivity index (χ3n) is 1.42. The van der Waals surface area contributed by atoms with Crippen LogP contribution in [0.15, 0.2) is 0 Å². The molecular formula is C7H17NOS. The van der Waals surface area contributed by atoms with Crippen molar-refractivity contribution >= 4 is 11.0 Å². The summed E-state index contributed by atoms with van der Waals surface area (Å²) in [5.74, 6) is 0.736. The number of hydrogen-bond donors (Lipinski definition) is 0. The number of unbranched alkanes of at least 4 members (excludes halogenated alkanes) is 1. The van der Waals surface area contributed by atoms with Gasteiger partial charge in [-0.05, 0) is 13.5 Å². The van der Waals surface area contributed by atoms with Crippen LogP contribution in [-0.2, 0) is 11.0 Å². The van der Waals surface area contributed by atoms with Crippen LogP contribution in [0.2, 0.25) is 0 Å². The zero-order valence-corrected chi connectivity index (χ0v) is 7.91. The van der Waals surface area contributed by atoms with E-state index < -0.39 is 11.0 Å². The summed E-state index contributed by atoms with van der Waals surface area (Å²) in [7, 11) is 1.17. The molecule has 10 heavy (non-hydrogen) atoms. The molecule has 0 aliphatic carbocycles. The first-order valence-corrected chi connectivity index (χ1v) is 5.09. The van der Waals surface area contributed by atoms with Crippen LogP contribution < -0.4 is 0 Å². The van der Waals surface area contributed by atoms with Gasteiger partial charge >= 0.3 is 0 Å².